The molecule has 1 aliphatic heterocycles. The van der Waals surface area contributed by atoms with Crippen molar-refractivity contribution in [3.63, 3.8) is 0 Å². The Balaban J connectivity index is 2.57. The van der Waals surface area contributed by atoms with Gasteiger partial charge < -0.3 is 4.90 Å². The summed E-state index contributed by atoms with van der Waals surface area (Å²) in [6.45, 7) is 16.2. The van der Waals surface area contributed by atoms with E-state index in [0.717, 1.165) is 51.5 Å². The van der Waals surface area contributed by atoms with Crippen molar-refractivity contribution < 1.29 is 4.79 Å². The van der Waals surface area contributed by atoms with Gasteiger partial charge in [0, 0.05) is 30.1 Å². The molecule has 0 aliphatic carbocycles. The van der Waals surface area contributed by atoms with Gasteiger partial charge in [-0.2, -0.15) is 0 Å². The normalized spacial score (nSPS) is 19.5. The lowest BCUT2D eigenvalue weighted by molar-refractivity contribution is -0.138. The van der Waals surface area contributed by atoms with Crippen LogP contribution < -0.4 is 0 Å². The van der Waals surface area contributed by atoms with Crippen molar-refractivity contribution in [3.8, 4) is 0 Å². The predicted octanol–water partition coefficient (Wildman–Crippen LogP) is 6.57. The number of hydrogen-bond donors (Lipinski definition) is 0. The molecule has 0 bridgehead atoms. The maximum atomic E-state index is 13.1. The zero-order chi connectivity index (χ0) is 21.2. The lowest BCUT2D eigenvalue weighted by Gasteiger charge is -2.55. The second-order valence-corrected chi connectivity index (χ2v) is 10.1. The monoisotopic (exact) mass is 392 g/mol. The molecule has 0 spiro atoms. The summed E-state index contributed by atoms with van der Waals surface area (Å²) in [6.07, 6.45) is 15.6. The highest BCUT2D eigenvalue weighted by Crippen LogP contribution is 2.39. The van der Waals surface area contributed by atoms with Crippen LogP contribution in [-0.2, 0) is 4.79 Å². The average Bonchev–Trinajstić information content (AvgIpc) is 2.61. The molecule has 0 aromatic carbocycles. The molecule has 3 nitrogen and oxygen atoms in total. The maximum absolute atomic E-state index is 13.1. The Bertz CT molecular complexity index is 451. The smallest absolute Gasteiger partial charge is 0.222 e. The Morgan fingerprint density at radius 2 is 1.54 bits per heavy atom. The number of carbonyl (C=O) groups excluding carboxylic acids is 1. The largest absolute Gasteiger partial charge is 0.340 e. The first kappa shape index (κ1) is 25.2. The van der Waals surface area contributed by atoms with Crippen LogP contribution in [-0.4, -0.2) is 46.4 Å². The van der Waals surface area contributed by atoms with Crippen LogP contribution in [0.25, 0.3) is 0 Å². The van der Waals surface area contributed by atoms with E-state index >= 15 is 0 Å². The van der Waals surface area contributed by atoms with Gasteiger partial charge in [0.25, 0.3) is 0 Å². The minimum Gasteiger partial charge on any atom is -0.340 e. The number of unbranched alkanes of at least 4 members (excludes halogenated alkanes) is 7. The van der Waals surface area contributed by atoms with Crippen LogP contribution in [0.15, 0.2) is 12.7 Å². The minimum absolute atomic E-state index is 0.128. The standard InChI is InChI=1S/C25H48N2O/c1-8-10-12-13-14-15-16-17-18-23(28)27(19-11-9-2)22-20-24(3,4)26(7)25(5,6)21-22/h8,22H,1,9-21H2,2-7H3. The Hall–Kier alpha value is -0.830. The predicted molar refractivity (Wildman–Crippen MR) is 123 cm³/mol. The summed E-state index contributed by atoms with van der Waals surface area (Å²) in [6, 6.07) is 0.374. The molecular weight excluding hydrogens is 344 g/mol. The molecule has 0 N–H and O–H groups in total. The Labute approximate surface area is 175 Å². The molecule has 0 aromatic rings. The van der Waals surface area contributed by atoms with Crippen LogP contribution >= 0.6 is 0 Å². The fraction of sp³-hybridized carbons (Fsp3) is 0.880. The summed E-state index contributed by atoms with van der Waals surface area (Å²) in [5, 5.41) is 0. The summed E-state index contributed by atoms with van der Waals surface area (Å²) in [5.41, 5.74) is 0.255. The lowest BCUT2D eigenvalue weighted by Crippen LogP contribution is -2.63. The van der Waals surface area contributed by atoms with E-state index in [1.807, 2.05) is 6.08 Å². The first-order valence-corrected chi connectivity index (χ1v) is 11.8. The number of likely N-dealkylation sites (tertiary alicyclic amines) is 1. The summed E-state index contributed by atoms with van der Waals surface area (Å²) in [4.78, 5) is 17.9. The van der Waals surface area contributed by atoms with E-state index in [2.05, 4.69) is 58.0 Å². The number of piperidine rings is 1. The van der Waals surface area contributed by atoms with E-state index in [9.17, 15) is 4.79 Å². The van der Waals surface area contributed by atoms with Gasteiger partial charge in [-0.15, -0.1) is 6.58 Å². The van der Waals surface area contributed by atoms with E-state index in [1.165, 1.54) is 32.1 Å². The number of hydrogen-bond acceptors (Lipinski definition) is 2. The molecule has 0 saturated carbocycles. The van der Waals surface area contributed by atoms with Crippen LogP contribution in [0.4, 0.5) is 0 Å². The van der Waals surface area contributed by atoms with Gasteiger partial charge in [0.05, 0.1) is 0 Å². The molecule has 0 aromatic heterocycles. The summed E-state index contributed by atoms with van der Waals surface area (Å²) >= 11 is 0. The fourth-order valence-corrected chi connectivity index (χ4v) is 4.79. The highest BCUT2D eigenvalue weighted by molar-refractivity contribution is 5.76. The summed E-state index contributed by atoms with van der Waals surface area (Å²) < 4.78 is 0. The molecule has 0 atom stereocenters. The van der Waals surface area contributed by atoms with Gasteiger partial charge in [-0.1, -0.05) is 45.1 Å². The van der Waals surface area contributed by atoms with E-state index in [-0.39, 0.29) is 11.1 Å². The number of rotatable bonds is 13. The third-order valence-corrected chi connectivity index (χ3v) is 6.85. The van der Waals surface area contributed by atoms with Gasteiger partial charge in [-0.3, -0.25) is 9.69 Å². The zero-order valence-corrected chi connectivity index (χ0v) is 19.9. The molecule has 1 rings (SSSR count). The summed E-state index contributed by atoms with van der Waals surface area (Å²) in [5.74, 6) is 0.390. The van der Waals surface area contributed by atoms with Gasteiger partial charge in [-0.25, -0.2) is 0 Å². The number of nitrogens with zero attached hydrogens (tertiary/aromatic N) is 2. The second kappa shape index (κ2) is 12.0. The molecule has 1 heterocycles. The fourth-order valence-electron chi connectivity index (χ4n) is 4.79. The van der Waals surface area contributed by atoms with Crippen molar-refractivity contribution in [2.45, 2.75) is 129 Å². The van der Waals surface area contributed by atoms with Gasteiger partial charge in [0.2, 0.25) is 5.91 Å². The third kappa shape index (κ3) is 7.89. The third-order valence-electron chi connectivity index (χ3n) is 6.85. The molecule has 3 heteroatoms. The van der Waals surface area contributed by atoms with Gasteiger partial charge >= 0.3 is 0 Å². The average molecular weight is 393 g/mol. The van der Waals surface area contributed by atoms with Crippen molar-refractivity contribution in [1.82, 2.24) is 9.80 Å². The van der Waals surface area contributed by atoms with Gasteiger partial charge in [0.15, 0.2) is 0 Å². The Morgan fingerprint density at radius 1 is 1.00 bits per heavy atom. The molecule has 1 amide bonds. The zero-order valence-electron chi connectivity index (χ0n) is 19.9. The molecule has 0 radical (unpaired) electrons. The summed E-state index contributed by atoms with van der Waals surface area (Å²) in [7, 11) is 2.24. The topological polar surface area (TPSA) is 23.6 Å². The van der Waals surface area contributed by atoms with Crippen LogP contribution in [0.5, 0.6) is 0 Å². The minimum atomic E-state index is 0.128. The van der Waals surface area contributed by atoms with E-state index < -0.39 is 0 Å². The molecular formula is C25H48N2O. The first-order valence-electron chi connectivity index (χ1n) is 11.8. The molecule has 1 aliphatic rings. The van der Waals surface area contributed by atoms with E-state index in [4.69, 9.17) is 0 Å². The first-order chi connectivity index (χ1) is 13.2. The number of carbonyl (C=O) groups is 1. The van der Waals surface area contributed by atoms with Gasteiger partial charge in [-0.05, 0) is 73.3 Å². The second-order valence-electron chi connectivity index (χ2n) is 10.1. The molecule has 1 fully saturated rings. The number of allylic oxidation sites excluding steroid dienone is 1. The van der Waals surface area contributed by atoms with Crippen molar-refractivity contribution in [1.29, 1.82) is 0 Å². The number of amides is 1. The maximum Gasteiger partial charge on any atom is 0.222 e. The highest BCUT2D eigenvalue weighted by atomic mass is 16.2. The van der Waals surface area contributed by atoms with E-state index in [1.54, 1.807) is 0 Å². The quantitative estimate of drug-likeness (QED) is 0.261. The van der Waals surface area contributed by atoms with E-state index in [0.29, 0.717) is 11.9 Å². The Morgan fingerprint density at radius 3 is 2.07 bits per heavy atom. The molecule has 164 valence electrons. The highest BCUT2D eigenvalue weighted by Gasteiger charge is 2.45. The molecule has 28 heavy (non-hydrogen) atoms. The molecule has 1 saturated heterocycles. The van der Waals surface area contributed by atoms with Crippen LogP contribution in [0, 0.1) is 0 Å². The SMILES string of the molecule is C=CCCCCCCCCC(=O)N(CCCC)C1CC(C)(C)N(C)C(C)(C)C1. The van der Waals surface area contributed by atoms with Gasteiger partial charge in [0.1, 0.15) is 0 Å². The lowest BCUT2D eigenvalue weighted by atomic mass is 9.76. The van der Waals surface area contributed by atoms with Crippen LogP contribution in [0.1, 0.15) is 112 Å². The van der Waals surface area contributed by atoms with Crippen molar-refractivity contribution >= 4 is 5.91 Å². The van der Waals surface area contributed by atoms with Crippen molar-refractivity contribution in [2.24, 2.45) is 0 Å². The van der Waals surface area contributed by atoms with Crippen LogP contribution in [0.2, 0.25) is 0 Å². The van der Waals surface area contributed by atoms with Crippen molar-refractivity contribution in [3.05, 3.63) is 12.7 Å². The van der Waals surface area contributed by atoms with Crippen molar-refractivity contribution in [2.75, 3.05) is 13.6 Å². The van der Waals surface area contributed by atoms with Crippen LogP contribution in [0.3, 0.4) is 0 Å². The molecule has 0 unspecified atom stereocenters. The Kier molecular flexibility index (Phi) is 10.8.